The molecule has 15 heteroatoms. The zero-order valence-electron chi connectivity index (χ0n) is 19.2. The number of hydrogen-bond donors (Lipinski definition) is 4. The van der Waals surface area contributed by atoms with Gasteiger partial charge in [-0.05, 0) is 23.8 Å². The molecule has 13 nitrogen and oxygen atoms in total. The first-order chi connectivity index (χ1) is 17.3. The molecule has 1 aromatic carbocycles. The molecular weight excluding hydrogens is 510 g/mol. The molecule has 36 heavy (non-hydrogen) atoms. The van der Waals surface area contributed by atoms with Gasteiger partial charge in [0.15, 0.2) is 0 Å². The first-order valence-corrected chi connectivity index (χ1v) is 13.9. The van der Waals surface area contributed by atoms with Crippen molar-refractivity contribution in [3.05, 3.63) is 42.0 Å². The molecule has 1 aliphatic rings. The molecule has 1 fully saturated rings. The average Bonchev–Trinajstić information content (AvgIpc) is 3.53. The lowest BCUT2D eigenvalue weighted by Gasteiger charge is -2.40. The smallest absolute Gasteiger partial charge is 0.248 e. The van der Waals surface area contributed by atoms with Crippen molar-refractivity contribution in [1.29, 1.82) is 0 Å². The van der Waals surface area contributed by atoms with Crippen LogP contribution in [-0.4, -0.2) is 79.9 Å². The fourth-order valence-electron chi connectivity index (χ4n) is 4.04. The summed E-state index contributed by atoms with van der Waals surface area (Å²) in [5.41, 5.74) is 3.51. The molecule has 5 rings (SSSR count). The van der Waals surface area contributed by atoms with Crippen molar-refractivity contribution in [3.63, 3.8) is 0 Å². The highest BCUT2D eigenvalue weighted by Gasteiger charge is 2.24. The Morgan fingerprint density at radius 2 is 2.03 bits per heavy atom. The topological polar surface area (TPSA) is 186 Å². The molecule has 3 aromatic heterocycles. The maximum Gasteiger partial charge on any atom is 0.248 e. The third-order valence-electron chi connectivity index (χ3n) is 5.92. The summed E-state index contributed by atoms with van der Waals surface area (Å²) in [6.07, 6.45) is 3.32. The second kappa shape index (κ2) is 10.2. The summed E-state index contributed by atoms with van der Waals surface area (Å²) in [7, 11) is -1.01. The molecule has 4 heterocycles. The molecule has 4 aromatic rings. The van der Waals surface area contributed by atoms with Gasteiger partial charge in [0.1, 0.15) is 0 Å². The zero-order valence-corrected chi connectivity index (χ0v) is 20.8. The maximum absolute atomic E-state index is 11.0. The summed E-state index contributed by atoms with van der Waals surface area (Å²) in [6.45, 7) is 1.53. The molecule has 0 saturated carbocycles. The van der Waals surface area contributed by atoms with E-state index in [9.17, 15) is 17.9 Å². The second-order valence-corrected chi connectivity index (χ2v) is 11.5. The Bertz CT molecular complexity index is 1400. The fraction of sp³-hybridized carbons (Fsp3) is 0.333. The Morgan fingerprint density at radius 1 is 1.22 bits per heavy atom. The Kier molecular flexibility index (Phi) is 7.03. The molecule has 0 spiro atoms. The highest BCUT2D eigenvalue weighted by molar-refractivity contribution is 8.24. The van der Waals surface area contributed by atoms with Crippen LogP contribution in [0.4, 0.5) is 0 Å². The summed E-state index contributed by atoms with van der Waals surface area (Å²) < 4.78 is 55.2. The number of aromatic nitrogens is 5. The Balaban J connectivity index is 1.45. The van der Waals surface area contributed by atoms with E-state index in [0.29, 0.717) is 59.9 Å². The van der Waals surface area contributed by atoms with Crippen LogP contribution in [-0.2, 0) is 24.4 Å². The van der Waals surface area contributed by atoms with E-state index in [1.165, 1.54) is 7.11 Å². The minimum atomic E-state index is -2.48. The average molecular weight is 535 g/mol. The lowest BCUT2D eigenvalue weighted by atomic mass is 10.0. The fourth-order valence-corrected chi connectivity index (χ4v) is 5.62. The van der Waals surface area contributed by atoms with Gasteiger partial charge in [-0.1, -0.05) is 0 Å². The molecule has 4 N–H and O–H groups in total. The summed E-state index contributed by atoms with van der Waals surface area (Å²) in [5.74, 6) is 1.74. The predicted molar refractivity (Wildman–Crippen MR) is 133 cm³/mol. The molecule has 192 valence electrons. The molecule has 0 amide bonds. The molecule has 1 atom stereocenters. The van der Waals surface area contributed by atoms with E-state index in [-0.39, 0.29) is 6.54 Å². The number of nitrogens with one attached hydrogen (secondary N) is 2. The standard InChI is InChI=1S/C21H25N7O6S2/c1-33-20-15(10-24-35(29)30)6-14(9-22-20)13-7-16(17-11-23-25-18(17)8-13)21-27-26-19(34-21)12-28-2-4-36(31,32)5-3-28/h6-9,11,24,31-32H,2-5,10,12H2,1H3,(H,23,25)(H,29,30)/p-1. The van der Waals surface area contributed by atoms with Crippen LogP contribution in [0.15, 0.2) is 35.0 Å². The Labute approximate surface area is 210 Å². The van der Waals surface area contributed by atoms with E-state index in [1.807, 2.05) is 17.0 Å². The number of pyridine rings is 1. The summed E-state index contributed by atoms with van der Waals surface area (Å²) in [5, 5.41) is 16.3. The van der Waals surface area contributed by atoms with Crippen LogP contribution in [0.3, 0.4) is 0 Å². The molecule has 0 aliphatic carbocycles. The Morgan fingerprint density at radius 3 is 2.78 bits per heavy atom. The Hall–Kier alpha value is -2.92. The lowest BCUT2D eigenvalue weighted by molar-refractivity contribution is 0.251. The van der Waals surface area contributed by atoms with Crippen LogP contribution < -0.4 is 9.46 Å². The number of fused-ring (bicyclic) bond motifs is 1. The van der Waals surface area contributed by atoms with E-state index in [1.54, 1.807) is 18.5 Å². The highest BCUT2D eigenvalue weighted by atomic mass is 32.3. The van der Waals surface area contributed by atoms with E-state index in [4.69, 9.17) is 9.15 Å². The van der Waals surface area contributed by atoms with Crippen molar-refractivity contribution in [2.45, 2.75) is 13.1 Å². The van der Waals surface area contributed by atoms with Gasteiger partial charge >= 0.3 is 0 Å². The predicted octanol–water partition coefficient (Wildman–Crippen LogP) is 2.13. The van der Waals surface area contributed by atoms with Gasteiger partial charge in [0.25, 0.3) is 0 Å². The monoisotopic (exact) mass is 534 g/mol. The van der Waals surface area contributed by atoms with Crippen LogP contribution >= 0.6 is 10.6 Å². The minimum absolute atomic E-state index is 0.0258. The van der Waals surface area contributed by atoms with Crippen molar-refractivity contribution in [2.75, 3.05) is 31.7 Å². The zero-order chi connectivity index (χ0) is 25.3. The number of H-pyrrole nitrogens is 1. The van der Waals surface area contributed by atoms with Gasteiger partial charge in [-0.3, -0.25) is 23.3 Å². The van der Waals surface area contributed by atoms with Crippen molar-refractivity contribution in [1.82, 2.24) is 35.0 Å². The van der Waals surface area contributed by atoms with Gasteiger partial charge in [-0.15, -0.1) is 10.2 Å². The molecule has 0 bridgehead atoms. The normalized spacial score (nSPS) is 17.8. The number of methoxy groups -OCH3 is 1. The molecule has 1 saturated heterocycles. The van der Waals surface area contributed by atoms with Crippen LogP contribution in [0, 0.1) is 0 Å². The van der Waals surface area contributed by atoms with Crippen LogP contribution in [0.2, 0.25) is 0 Å². The van der Waals surface area contributed by atoms with Gasteiger partial charge in [-0.25, -0.2) is 9.71 Å². The summed E-state index contributed by atoms with van der Waals surface area (Å²) in [6, 6.07) is 5.59. The summed E-state index contributed by atoms with van der Waals surface area (Å²) in [4.78, 5) is 6.37. The number of hydrogen-bond acceptors (Lipinski definition) is 11. The first kappa shape index (κ1) is 24.8. The highest BCUT2D eigenvalue weighted by Crippen LogP contribution is 2.40. The van der Waals surface area contributed by atoms with Crippen LogP contribution in [0.25, 0.3) is 33.5 Å². The van der Waals surface area contributed by atoms with Gasteiger partial charge < -0.3 is 13.7 Å². The third-order valence-corrected chi connectivity index (χ3v) is 7.97. The molecule has 1 aliphatic heterocycles. The van der Waals surface area contributed by atoms with E-state index >= 15 is 0 Å². The summed E-state index contributed by atoms with van der Waals surface area (Å²) >= 11 is -2.43. The van der Waals surface area contributed by atoms with Gasteiger partial charge in [0, 0.05) is 53.6 Å². The molecule has 1 unspecified atom stereocenters. The van der Waals surface area contributed by atoms with E-state index in [2.05, 4.69) is 30.1 Å². The minimum Gasteiger partial charge on any atom is -0.760 e. The van der Waals surface area contributed by atoms with Crippen molar-refractivity contribution >= 4 is 32.8 Å². The maximum atomic E-state index is 11.0. The van der Waals surface area contributed by atoms with Gasteiger partial charge in [0.05, 0.1) is 42.4 Å². The first-order valence-electron chi connectivity index (χ1n) is 10.9. The van der Waals surface area contributed by atoms with Crippen LogP contribution in [0.5, 0.6) is 5.88 Å². The number of ether oxygens (including phenoxy) is 1. The third kappa shape index (κ3) is 5.41. The number of benzene rings is 1. The number of rotatable bonds is 8. The van der Waals surface area contributed by atoms with Crippen molar-refractivity contribution in [3.8, 4) is 28.5 Å². The molecule has 0 radical (unpaired) electrons. The quantitative estimate of drug-likeness (QED) is 0.243. The SMILES string of the molecule is COc1ncc(-c2cc(-c3nnc(CN4CCS(O)(O)CC4)o3)c3cn[nH]c3c2)cc1CNS(=O)[O-]. The number of aromatic amines is 1. The van der Waals surface area contributed by atoms with Crippen molar-refractivity contribution < 1.29 is 27.0 Å². The van der Waals surface area contributed by atoms with Crippen molar-refractivity contribution in [2.24, 2.45) is 0 Å². The van der Waals surface area contributed by atoms with E-state index in [0.717, 1.165) is 22.0 Å². The van der Waals surface area contributed by atoms with Gasteiger partial charge in [-0.2, -0.15) is 15.7 Å². The van der Waals surface area contributed by atoms with Gasteiger partial charge in [0.2, 0.25) is 17.7 Å². The lowest BCUT2D eigenvalue weighted by Crippen LogP contribution is -2.37. The van der Waals surface area contributed by atoms with E-state index < -0.39 is 21.9 Å². The largest absolute Gasteiger partial charge is 0.760 e. The number of nitrogens with zero attached hydrogens (tertiary/aromatic N) is 5. The molecular formula is C21H24N7O6S2-. The second-order valence-electron chi connectivity index (χ2n) is 8.29. The van der Waals surface area contributed by atoms with Crippen LogP contribution in [0.1, 0.15) is 11.5 Å².